The number of carbonyl (C=O) groups excluding carboxylic acids is 1. The summed E-state index contributed by atoms with van der Waals surface area (Å²) in [6.07, 6.45) is 0. The zero-order chi connectivity index (χ0) is 15.4. The van der Waals surface area contributed by atoms with E-state index in [1.807, 2.05) is 29.3 Å². The number of oxazole rings is 1. The van der Waals surface area contributed by atoms with E-state index in [0.29, 0.717) is 18.4 Å². The van der Waals surface area contributed by atoms with Crippen LogP contribution in [0.5, 0.6) is 0 Å². The molecule has 0 unspecified atom stereocenters. The van der Waals surface area contributed by atoms with Crippen molar-refractivity contribution < 1.29 is 9.21 Å². The molecule has 6 heteroatoms. The van der Waals surface area contributed by atoms with Gasteiger partial charge in [0.15, 0.2) is 0 Å². The fraction of sp³-hybridized carbons (Fsp3) is 0.467. The van der Waals surface area contributed by atoms with Gasteiger partial charge in [-0.3, -0.25) is 9.69 Å². The van der Waals surface area contributed by atoms with Gasteiger partial charge >= 0.3 is 0 Å². The Kier molecular flexibility index (Phi) is 5.14. The van der Waals surface area contributed by atoms with E-state index in [4.69, 9.17) is 10.2 Å². The molecule has 0 bridgehead atoms. The molecule has 21 heavy (non-hydrogen) atoms. The minimum atomic E-state index is -0.324. The highest BCUT2D eigenvalue weighted by molar-refractivity contribution is 7.13. The van der Waals surface area contributed by atoms with Crippen LogP contribution in [0.4, 0.5) is 0 Å². The number of thiophene rings is 1. The first-order chi connectivity index (χ1) is 9.95. The molecule has 0 saturated heterocycles. The zero-order valence-electron chi connectivity index (χ0n) is 12.6. The standard InChI is InChI=1S/C15H21N3O2S/c1-10(2)7-18(9-14(16)19)8-12-11(3)20-15(17-12)13-5-4-6-21-13/h4-6,10H,7-9H2,1-3H3,(H2,16,19). The topological polar surface area (TPSA) is 72.4 Å². The first kappa shape index (κ1) is 15.7. The van der Waals surface area contributed by atoms with Crippen LogP contribution in [0.25, 0.3) is 10.8 Å². The Balaban J connectivity index is 2.14. The third-order valence-electron chi connectivity index (χ3n) is 3.00. The van der Waals surface area contributed by atoms with Crippen LogP contribution in [0, 0.1) is 12.8 Å². The average molecular weight is 307 g/mol. The molecular weight excluding hydrogens is 286 g/mol. The summed E-state index contributed by atoms with van der Waals surface area (Å²) in [5.74, 6) is 1.56. The van der Waals surface area contributed by atoms with Crippen molar-refractivity contribution >= 4 is 17.2 Å². The lowest BCUT2D eigenvalue weighted by Gasteiger charge is -2.21. The first-order valence-corrected chi connectivity index (χ1v) is 7.84. The summed E-state index contributed by atoms with van der Waals surface area (Å²) in [6.45, 7) is 7.73. The Labute approximate surface area is 128 Å². The highest BCUT2D eigenvalue weighted by atomic mass is 32.1. The molecule has 0 fully saturated rings. The predicted octanol–water partition coefficient (Wildman–Crippen LogP) is 2.65. The van der Waals surface area contributed by atoms with Gasteiger partial charge in [-0.25, -0.2) is 4.98 Å². The highest BCUT2D eigenvalue weighted by Crippen LogP contribution is 2.26. The van der Waals surface area contributed by atoms with Crippen LogP contribution in [-0.2, 0) is 11.3 Å². The molecule has 0 spiro atoms. The van der Waals surface area contributed by atoms with Crippen molar-refractivity contribution in [2.24, 2.45) is 11.7 Å². The summed E-state index contributed by atoms with van der Waals surface area (Å²) >= 11 is 1.59. The van der Waals surface area contributed by atoms with Crippen molar-refractivity contribution in [3.8, 4) is 10.8 Å². The smallest absolute Gasteiger partial charge is 0.236 e. The molecule has 2 aromatic rings. The number of nitrogens with zero attached hydrogens (tertiary/aromatic N) is 2. The van der Waals surface area contributed by atoms with Gasteiger partial charge in [-0.05, 0) is 24.3 Å². The van der Waals surface area contributed by atoms with Crippen LogP contribution < -0.4 is 5.73 Å². The van der Waals surface area contributed by atoms with E-state index in [1.165, 1.54) is 0 Å². The molecule has 114 valence electrons. The summed E-state index contributed by atoms with van der Waals surface area (Å²) < 4.78 is 5.73. The van der Waals surface area contributed by atoms with Crippen molar-refractivity contribution in [1.82, 2.24) is 9.88 Å². The maximum atomic E-state index is 11.2. The lowest BCUT2D eigenvalue weighted by atomic mass is 10.2. The summed E-state index contributed by atoms with van der Waals surface area (Å²) in [6, 6.07) is 3.95. The number of amides is 1. The summed E-state index contributed by atoms with van der Waals surface area (Å²) in [5, 5.41) is 1.99. The van der Waals surface area contributed by atoms with E-state index in [9.17, 15) is 4.79 Å². The second-order valence-electron chi connectivity index (χ2n) is 5.53. The second kappa shape index (κ2) is 6.87. The van der Waals surface area contributed by atoms with E-state index in [2.05, 4.69) is 18.8 Å². The van der Waals surface area contributed by atoms with Crippen LogP contribution in [0.1, 0.15) is 25.3 Å². The number of primary amides is 1. The van der Waals surface area contributed by atoms with Crippen LogP contribution in [0.15, 0.2) is 21.9 Å². The van der Waals surface area contributed by atoms with Gasteiger partial charge in [0.1, 0.15) is 5.76 Å². The number of rotatable bonds is 7. The third-order valence-corrected chi connectivity index (χ3v) is 3.86. The highest BCUT2D eigenvalue weighted by Gasteiger charge is 2.17. The van der Waals surface area contributed by atoms with E-state index < -0.39 is 0 Å². The van der Waals surface area contributed by atoms with Gasteiger partial charge in [0.25, 0.3) is 0 Å². The number of aryl methyl sites for hydroxylation is 1. The molecule has 2 N–H and O–H groups in total. The summed E-state index contributed by atoms with van der Waals surface area (Å²) in [5.41, 5.74) is 6.18. The van der Waals surface area contributed by atoms with Gasteiger partial charge < -0.3 is 10.2 Å². The maximum absolute atomic E-state index is 11.2. The molecule has 0 aromatic carbocycles. The van der Waals surface area contributed by atoms with Crippen molar-refractivity contribution in [2.75, 3.05) is 13.1 Å². The molecule has 2 aromatic heterocycles. The van der Waals surface area contributed by atoms with Gasteiger partial charge in [0, 0.05) is 13.1 Å². The summed E-state index contributed by atoms with van der Waals surface area (Å²) in [4.78, 5) is 18.8. The van der Waals surface area contributed by atoms with Crippen molar-refractivity contribution in [1.29, 1.82) is 0 Å². The first-order valence-electron chi connectivity index (χ1n) is 6.96. The lowest BCUT2D eigenvalue weighted by Crippen LogP contribution is -2.36. The number of aromatic nitrogens is 1. The number of hydrogen-bond acceptors (Lipinski definition) is 5. The van der Waals surface area contributed by atoms with Crippen molar-refractivity contribution in [3.05, 3.63) is 29.0 Å². The minimum absolute atomic E-state index is 0.235. The Morgan fingerprint density at radius 3 is 2.86 bits per heavy atom. The van der Waals surface area contributed by atoms with Gasteiger partial charge in [0.05, 0.1) is 17.1 Å². The molecule has 0 atom stereocenters. The Hall–Kier alpha value is -1.66. The fourth-order valence-electron chi connectivity index (χ4n) is 2.21. The van der Waals surface area contributed by atoms with E-state index in [0.717, 1.165) is 22.9 Å². The average Bonchev–Trinajstić information content (AvgIpc) is 2.98. The van der Waals surface area contributed by atoms with E-state index in [1.54, 1.807) is 11.3 Å². The van der Waals surface area contributed by atoms with Gasteiger partial charge in [-0.2, -0.15) is 0 Å². The van der Waals surface area contributed by atoms with Crippen LogP contribution in [-0.4, -0.2) is 28.9 Å². The lowest BCUT2D eigenvalue weighted by molar-refractivity contribution is -0.119. The fourth-order valence-corrected chi connectivity index (χ4v) is 2.86. The van der Waals surface area contributed by atoms with Gasteiger partial charge in [-0.1, -0.05) is 19.9 Å². The molecule has 0 aliphatic carbocycles. The molecule has 0 radical (unpaired) electrons. The summed E-state index contributed by atoms with van der Waals surface area (Å²) in [7, 11) is 0. The van der Waals surface area contributed by atoms with Gasteiger partial charge in [0.2, 0.25) is 11.8 Å². The molecule has 1 amide bonds. The monoisotopic (exact) mass is 307 g/mol. The third kappa shape index (κ3) is 4.41. The molecule has 5 nitrogen and oxygen atoms in total. The number of nitrogens with two attached hydrogens (primary N) is 1. The molecular formula is C15H21N3O2S. The van der Waals surface area contributed by atoms with E-state index in [-0.39, 0.29) is 12.5 Å². The van der Waals surface area contributed by atoms with Crippen LogP contribution in [0.3, 0.4) is 0 Å². The SMILES string of the molecule is Cc1oc(-c2cccs2)nc1CN(CC(N)=O)CC(C)C. The molecule has 0 aliphatic rings. The minimum Gasteiger partial charge on any atom is -0.440 e. The molecule has 0 aliphatic heterocycles. The number of carbonyl (C=O) groups is 1. The normalized spacial score (nSPS) is 11.5. The Morgan fingerprint density at radius 1 is 1.52 bits per heavy atom. The van der Waals surface area contributed by atoms with Crippen molar-refractivity contribution in [2.45, 2.75) is 27.3 Å². The van der Waals surface area contributed by atoms with Gasteiger partial charge in [-0.15, -0.1) is 11.3 Å². The van der Waals surface area contributed by atoms with Crippen LogP contribution in [0.2, 0.25) is 0 Å². The quantitative estimate of drug-likeness (QED) is 0.853. The molecule has 0 saturated carbocycles. The largest absolute Gasteiger partial charge is 0.440 e. The number of hydrogen-bond donors (Lipinski definition) is 1. The predicted molar refractivity (Wildman–Crippen MR) is 83.9 cm³/mol. The van der Waals surface area contributed by atoms with Crippen molar-refractivity contribution in [3.63, 3.8) is 0 Å². The molecule has 2 heterocycles. The molecule has 2 rings (SSSR count). The van der Waals surface area contributed by atoms with Crippen LogP contribution >= 0.6 is 11.3 Å². The Morgan fingerprint density at radius 2 is 2.29 bits per heavy atom. The second-order valence-corrected chi connectivity index (χ2v) is 6.48. The van der Waals surface area contributed by atoms with E-state index >= 15 is 0 Å². The maximum Gasteiger partial charge on any atom is 0.236 e. The Bertz CT molecular complexity index is 590. The zero-order valence-corrected chi connectivity index (χ0v) is 13.4.